The maximum absolute atomic E-state index is 10.1. The lowest BCUT2D eigenvalue weighted by molar-refractivity contribution is -0.109. The Morgan fingerprint density at radius 1 is 1.56 bits per heavy atom. The zero-order valence-corrected chi connectivity index (χ0v) is 5.62. The van der Waals surface area contributed by atoms with Gasteiger partial charge in [-0.15, -0.1) is 0 Å². The van der Waals surface area contributed by atoms with E-state index in [9.17, 15) is 9.59 Å². The Hall–Kier alpha value is -0.750. The average Bonchev–Trinajstić information content (AvgIpc) is 1.63. The summed E-state index contributed by atoms with van der Waals surface area (Å²) >= 11 is 0.759. The topological polar surface area (TPSA) is 84.2 Å². The smallest absolute Gasteiger partial charge is 0.327 e. The van der Waals surface area contributed by atoms with Crippen LogP contribution in [0.2, 0.25) is 0 Å². The van der Waals surface area contributed by atoms with Crippen molar-refractivity contribution in [1.29, 1.82) is 0 Å². The number of primary amides is 1. The Balaban J connectivity index is 3.10. The van der Waals surface area contributed by atoms with Crippen LogP contribution in [0.5, 0.6) is 0 Å². The molecule has 0 heterocycles. The van der Waals surface area contributed by atoms with Crippen molar-refractivity contribution in [2.24, 2.45) is 5.73 Å². The van der Waals surface area contributed by atoms with E-state index in [0.717, 1.165) is 11.9 Å². The van der Waals surface area contributed by atoms with Gasteiger partial charge >= 0.3 is 6.03 Å². The monoisotopic (exact) mass is 149 g/mol. The summed E-state index contributed by atoms with van der Waals surface area (Å²) in [5, 5.41) is -0.149. The van der Waals surface area contributed by atoms with Gasteiger partial charge in [0.1, 0.15) is 0 Å². The van der Waals surface area contributed by atoms with Crippen molar-refractivity contribution in [2.45, 2.75) is 6.92 Å². The minimum atomic E-state index is -0.719. The summed E-state index contributed by atoms with van der Waals surface area (Å²) in [6, 6.07) is -0.719. The van der Waals surface area contributed by atoms with E-state index in [4.69, 9.17) is 0 Å². The summed E-state index contributed by atoms with van der Waals surface area (Å²) in [5.41, 5.74) is 6.65. The minimum Gasteiger partial charge on any atom is -0.351 e. The summed E-state index contributed by atoms with van der Waals surface area (Å²) in [5.74, 6) is 0. The van der Waals surface area contributed by atoms with Crippen LogP contribution in [0, 0.1) is 0 Å². The minimum absolute atomic E-state index is 0.149. The lowest BCUT2D eigenvalue weighted by Crippen LogP contribution is -2.37. The molecule has 0 aliphatic heterocycles. The Labute approximate surface area is 56.5 Å². The van der Waals surface area contributed by atoms with Crippen LogP contribution in [0.3, 0.4) is 0 Å². The molecular weight excluding hydrogens is 142 g/mol. The summed E-state index contributed by atoms with van der Waals surface area (Å²) in [6.45, 7) is 1.36. The molecule has 0 aromatic heterocycles. The second kappa shape index (κ2) is 4.16. The maximum atomic E-state index is 10.1. The Kier molecular flexibility index (Phi) is 3.81. The number of rotatable bonds is 2. The van der Waals surface area contributed by atoms with Gasteiger partial charge in [-0.1, -0.05) is 0 Å². The van der Waals surface area contributed by atoms with Gasteiger partial charge in [-0.05, 0) is 0 Å². The number of nitrogens with two attached hydrogens (primary N) is 1. The molecule has 0 aromatic rings. The second-order valence-electron chi connectivity index (χ2n) is 1.18. The number of nitrogens with one attached hydrogen (secondary N) is 2. The van der Waals surface area contributed by atoms with Gasteiger partial charge in [0.25, 0.3) is 0 Å². The SMILES string of the molecule is CC(=O)SNNC(N)=O. The number of hydrogen-bond acceptors (Lipinski definition) is 4. The van der Waals surface area contributed by atoms with Gasteiger partial charge in [-0.25, -0.2) is 4.79 Å². The van der Waals surface area contributed by atoms with Gasteiger partial charge in [-0.3, -0.25) is 10.2 Å². The number of urea groups is 1. The van der Waals surface area contributed by atoms with Gasteiger partial charge in [0, 0.05) is 18.9 Å². The zero-order valence-electron chi connectivity index (χ0n) is 4.80. The maximum Gasteiger partial charge on any atom is 0.327 e. The largest absolute Gasteiger partial charge is 0.351 e. The first-order valence-electron chi connectivity index (χ1n) is 2.11. The molecule has 0 bridgehead atoms. The quantitative estimate of drug-likeness (QED) is 0.360. The first-order chi connectivity index (χ1) is 4.13. The summed E-state index contributed by atoms with van der Waals surface area (Å²) in [7, 11) is 0. The molecule has 52 valence electrons. The Morgan fingerprint density at radius 2 is 2.11 bits per heavy atom. The van der Waals surface area contributed by atoms with Crippen LogP contribution in [0.25, 0.3) is 0 Å². The first kappa shape index (κ1) is 8.25. The van der Waals surface area contributed by atoms with Crippen LogP contribution in [0.4, 0.5) is 4.79 Å². The van der Waals surface area contributed by atoms with E-state index in [0.29, 0.717) is 0 Å². The van der Waals surface area contributed by atoms with Crippen LogP contribution < -0.4 is 16.0 Å². The molecule has 0 unspecified atom stereocenters. The average molecular weight is 149 g/mol. The van der Waals surface area contributed by atoms with Gasteiger partial charge in [0.2, 0.25) is 5.12 Å². The lowest BCUT2D eigenvalue weighted by Gasteiger charge is -1.97. The van der Waals surface area contributed by atoms with E-state index < -0.39 is 6.03 Å². The normalized spacial score (nSPS) is 8.56. The summed E-state index contributed by atoms with van der Waals surface area (Å²) in [6.07, 6.45) is 0. The van der Waals surface area contributed by atoms with Gasteiger partial charge in [-0.2, -0.15) is 4.83 Å². The Bertz CT molecular complexity index is 112. The molecule has 0 aromatic carbocycles. The van der Waals surface area contributed by atoms with Crippen LogP contribution in [0.15, 0.2) is 0 Å². The predicted molar refractivity (Wildman–Crippen MR) is 34.1 cm³/mol. The highest BCUT2D eigenvalue weighted by atomic mass is 32.2. The van der Waals surface area contributed by atoms with Gasteiger partial charge < -0.3 is 5.73 Å². The van der Waals surface area contributed by atoms with Crippen molar-refractivity contribution < 1.29 is 9.59 Å². The molecule has 0 spiro atoms. The molecule has 5 nitrogen and oxygen atoms in total. The molecule has 2 amide bonds. The molecule has 4 N–H and O–H groups in total. The third kappa shape index (κ3) is 7.25. The molecular formula is C3H7N3O2S. The molecule has 0 aliphatic carbocycles. The van der Waals surface area contributed by atoms with Crippen LogP contribution in [-0.2, 0) is 4.79 Å². The summed E-state index contributed by atoms with van der Waals surface area (Å²) in [4.78, 5) is 22.3. The molecule has 6 heteroatoms. The number of amides is 2. The zero-order chi connectivity index (χ0) is 7.28. The van der Waals surface area contributed by atoms with Crippen molar-refractivity contribution in [3.63, 3.8) is 0 Å². The van der Waals surface area contributed by atoms with E-state index in [-0.39, 0.29) is 5.12 Å². The standard InChI is InChI=1S/C3H7N3O2S/c1-2(7)9-6-5-3(4)8/h6H,1H3,(H3,4,5,8). The van der Waals surface area contributed by atoms with E-state index in [2.05, 4.69) is 10.6 Å². The van der Waals surface area contributed by atoms with E-state index in [1.54, 1.807) is 0 Å². The van der Waals surface area contributed by atoms with Crippen molar-refractivity contribution >= 4 is 23.1 Å². The van der Waals surface area contributed by atoms with Crippen LogP contribution in [0.1, 0.15) is 6.92 Å². The van der Waals surface area contributed by atoms with Crippen LogP contribution in [-0.4, -0.2) is 11.1 Å². The van der Waals surface area contributed by atoms with Gasteiger partial charge in [0.05, 0.1) is 0 Å². The molecule has 0 aliphatic rings. The first-order valence-corrected chi connectivity index (χ1v) is 2.92. The van der Waals surface area contributed by atoms with Crippen molar-refractivity contribution in [3.8, 4) is 0 Å². The fraction of sp³-hybridized carbons (Fsp3) is 0.333. The van der Waals surface area contributed by atoms with Crippen molar-refractivity contribution in [3.05, 3.63) is 0 Å². The van der Waals surface area contributed by atoms with Crippen LogP contribution >= 0.6 is 11.9 Å². The number of hydrazine groups is 1. The van der Waals surface area contributed by atoms with E-state index in [1.807, 2.05) is 5.43 Å². The highest BCUT2D eigenvalue weighted by Gasteiger charge is 1.92. The molecule has 0 atom stereocenters. The molecule has 0 fully saturated rings. The van der Waals surface area contributed by atoms with E-state index >= 15 is 0 Å². The highest BCUT2D eigenvalue weighted by molar-refractivity contribution is 8.11. The Morgan fingerprint density at radius 3 is 2.44 bits per heavy atom. The molecule has 9 heavy (non-hydrogen) atoms. The fourth-order valence-electron chi connectivity index (χ4n) is 0.148. The fourth-order valence-corrected chi connectivity index (χ4v) is 0.443. The summed E-state index contributed by atoms with van der Waals surface area (Å²) < 4.78 is 0. The third-order valence-electron chi connectivity index (χ3n) is 0.369. The molecule has 0 rings (SSSR count). The second-order valence-corrected chi connectivity index (χ2v) is 2.17. The third-order valence-corrected chi connectivity index (χ3v) is 0.861. The number of carbonyl (C=O) groups is 2. The predicted octanol–water partition coefficient (Wildman–Crippen LogP) is -0.646. The molecule has 0 saturated carbocycles. The van der Waals surface area contributed by atoms with Gasteiger partial charge in [0.15, 0.2) is 0 Å². The molecule has 0 saturated heterocycles. The number of hydrogen-bond donors (Lipinski definition) is 3. The van der Waals surface area contributed by atoms with Crippen molar-refractivity contribution in [1.82, 2.24) is 10.3 Å². The molecule has 0 radical (unpaired) electrons. The van der Waals surface area contributed by atoms with E-state index in [1.165, 1.54) is 6.92 Å². The lowest BCUT2D eigenvalue weighted by atomic mass is 10.9. The van der Waals surface area contributed by atoms with Crippen molar-refractivity contribution in [2.75, 3.05) is 0 Å². The highest BCUT2D eigenvalue weighted by Crippen LogP contribution is 1.88. The number of carbonyl (C=O) groups excluding carboxylic acids is 2.